The zero-order valence-electron chi connectivity index (χ0n) is 17.1. The summed E-state index contributed by atoms with van der Waals surface area (Å²) in [6, 6.07) is 17.5. The normalized spacial score (nSPS) is 11.4. The summed E-state index contributed by atoms with van der Waals surface area (Å²) in [5.74, 6) is -0.182. The van der Waals surface area contributed by atoms with Crippen molar-refractivity contribution in [1.82, 2.24) is 14.6 Å². The molecule has 0 aliphatic carbocycles. The van der Waals surface area contributed by atoms with Crippen LogP contribution in [0.4, 0.5) is 0 Å². The first kappa shape index (κ1) is 21.7. The predicted molar refractivity (Wildman–Crippen MR) is 116 cm³/mol. The van der Waals surface area contributed by atoms with Crippen LogP contribution in [-0.4, -0.2) is 30.2 Å². The zero-order chi connectivity index (χ0) is 21.6. The van der Waals surface area contributed by atoms with Crippen molar-refractivity contribution in [2.75, 3.05) is 6.54 Å². The maximum Gasteiger partial charge on any atom is 0.251 e. The zero-order valence-corrected chi connectivity index (χ0v) is 17.9. The van der Waals surface area contributed by atoms with Gasteiger partial charge in [-0.2, -0.15) is 4.31 Å². The molecule has 0 atom stereocenters. The number of aryl methyl sites for hydroxylation is 1. The summed E-state index contributed by atoms with van der Waals surface area (Å²) in [5, 5.41) is 2.86. The summed E-state index contributed by atoms with van der Waals surface area (Å²) < 4.78 is 27.3. The second-order valence-corrected chi connectivity index (χ2v) is 8.92. The molecular formula is C23H25N3O3S. The van der Waals surface area contributed by atoms with E-state index in [0.29, 0.717) is 18.7 Å². The molecule has 0 aliphatic rings. The SMILES string of the molecule is CCN(Cc1ccc(C(=O)NCc2ccncc2)cc1)S(=O)(=O)c1ccc(C)cc1. The molecule has 156 valence electrons. The molecule has 1 aromatic heterocycles. The van der Waals surface area contributed by atoms with Crippen molar-refractivity contribution in [3.05, 3.63) is 95.3 Å². The minimum Gasteiger partial charge on any atom is -0.348 e. The van der Waals surface area contributed by atoms with E-state index < -0.39 is 10.0 Å². The lowest BCUT2D eigenvalue weighted by molar-refractivity contribution is 0.0951. The Morgan fingerprint density at radius 1 is 0.933 bits per heavy atom. The fraction of sp³-hybridized carbons (Fsp3) is 0.217. The van der Waals surface area contributed by atoms with Crippen LogP contribution in [0.1, 0.15) is 34.0 Å². The number of hydrogen-bond acceptors (Lipinski definition) is 4. The Bertz CT molecular complexity index is 1080. The molecule has 30 heavy (non-hydrogen) atoms. The summed E-state index contributed by atoms with van der Waals surface area (Å²) in [7, 11) is -3.58. The van der Waals surface area contributed by atoms with Crippen LogP contribution >= 0.6 is 0 Å². The molecule has 1 amide bonds. The van der Waals surface area contributed by atoms with E-state index in [2.05, 4.69) is 10.3 Å². The third-order valence-electron chi connectivity index (χ3n) is 4.79. The summed E-state index contributed by atoms with van der Waals surface area (Å²) in [6.45, 7) is 4.74. The number of hydrogen-bond donors (Lipinski definition) is 1. The lowest BCUT2D eigenvalue weighted by Crippen LogP contribution is -2.30. The van der Waals surface area contributed by atoms with Gasteiger partial charge in [-0.3, -0.25) is 9.78 Å². The number of benzene rings is 2. The predicted octanol–water partition coefficient (Wildman–Crippen LogP) is 3.53. The largest absolute Gasteiger partial charge is 0.348 e. The Hall–Kier alpha value is -3.03. The van der Waals surface area contributed by atoms with Crippen LogP contribution in [0.5, 0.6) is 0 Å². The van der Waals surface area contributed by atoms with Crippen LogP contribution in [0.2, 0.25) is 0 Å². The molecule has 0 saturated carbocycles. The standard InChI is InChI=1S/C23H25N3O3S/c1-3-26(30(28,29)22-10-4-18(2)5-11-22)17-20-6-8-21(9-7-20)23(27)25-16-19-12-14-24-15-13-19/h4-15H,3,16-17H2,1-2H3,(H,25,27). The van der Waals surface area contributed by atoms with Crippen LogP contribution in [0, 0.1) is 6.92 Å². The van der Waals surface area contributed by atoms with Crippen LogP contribution < -0.4 is 5.32 Å². The molecule has 0 unspecified atom stereocenters. The number of amides is 1. The first-order valence-electron chi connectivity index (χ1n) is 9.73. The molecule has 3 aromatic rings. The quantitative estimate of drug-likeness (QED) is 0.601. The number of sulfonamides is 1. The van der Waals surface area contributed by atoms with Gasteiger partial charge in [0.2, 0.25) is 10.0 Å². The molecule has 0 spiro atoms. The van der Waals surface area contributed by atoms with E-state index in [1.165, 1.54) is 4.31 Å². The molecular weight excluding hydrogens is 398 g/mol. The number of rotatable bonds is 8. The van der Waals surface area contributed by atoms with E-state index in [0.717, 1.165) is 16.7 Å². The molecule has 6 nitrogen and oxygen atoms in total. The van der Waals surface area contributed by atoms with Gasteiger partial charge in [-0.05, 0) is 54.4 Å². The fourth-order valence-electron chi connectivity index (χ4n) is 2.98. The van der Waals surface area contributed by atoms with E-state index >= 15 is 0 Å². The Balaban J connectivity index is 1.66. The highest BCUT2D eigenvalue weighted by atomic mass is 32.2. The van der Waals surface area contributed by atoms with Crippen molar-refractivity contribution in [3.63, 3.8) is 0 Å². The maximum absolute atomic E-state index is 12.9. The molecule has 3 rings (SSSR count). The van der Waals surface area contributed by atoms with E-state index in [1.54, 1.807) is 60.9 Å². The van der Waals surface area contributed by atoms with Gasteiger partial charge in [-0.15, -0.1) is 0 Å². The summed E-state index contributed by atoms with van der Waals surface area (Å²) in [4.78, 5) is 16.6. The van der Waals surface area contributed by atoms with Crippen molar-refractivity contribution < 1.29 is 13.2 Å². The van der Waals surface area contributed by atoms with Gasteiger partial charge in [-0.1, -0.05) is 36.8 Å². The summed E-state index contributed by atoms with van der Waals surface area (Å²) >= 11 is 0. The Labute approximate surface area is 177 Å². The molecule has 2 aromatic carbocycles. The Morgan fingerprint density at radius 3 is 2.17 bits per heavy atom. The van der Waals surface area contributed by atoms with Crippen LogP contribution in [-0.2, 0) is 23.1 Å². The van der Waals surface area contributed by atoms with Crippen molar-refractivity contribution in [1.29, 1.82) is 0 Å². The lowest BCUT2D eigenvalue weighted by atomic mass is 10.1. The van der Waals surface area contributed by atoms with Crippen molar-refractivity contribution in [3.8, 4) is 0 Å². The lowest BCUT2D eigenvalue weighted by Gasteiger charge is -2.21. The highest BCUT2D eigenvalue weighted by Crippen LogP contribution is 2.19. The van der Waals surface area contributed by atoms with Gasteiger partial charge in [0.15, 0.2) is 0 Å². The smallest absolute Gasteiger partial charge is 0.251 e. The maximum atomic E-state index is 12.9. The second kappa shape index (κ2) is 9.65. The van der Waals surface area contributed by atoms with Gasteiger partial charge in [0, 0.05) is 37.6 Å². The first-order chi connectivity index (χ1) is 14.4. The molecule has 1 heterocycles. The Morgan fingerprint density at radius 2 is 1.57 bits per heavy atom. The van der Waals surface area contributed by atoms with Gasteiger partial charge in [0.25, 0.3) is 5.91 Å². The summed E-state index contributed by atoms with van der Waals surface area (Å²) in [6.07, 6.45) is 3.36. The van der Waals surface area contributed by atoms with Crippen molar-refractivity contribution in [2.45, 2.75) is 31.8 Å². The number of carbonyl (C=O) groups excluding carboxylic acids is 1. The molecule has 0 aliphatic heterocycles. The average Bonchev–Trinajstić information content (AvgIpc) is 2.77. The third-order valence-corrected chi connectivity index (χ3v) is 6.72. The van der Waals surface area contributed by atoms with Gasteiger partial charge >= 0.3 is 0 Å². The molecule has 1 N–H and O–H groups in total. The van der Waals surface area contributed by atoms with E-state index in [-0.39, 0.29) is 17.3 Å². The van der Waals surface area contributed by atoms with E-state index in [4.69, 9.17) is 0 Å². The van der Waals surface area contributed by atoms with E-state index in [9.17, 15) is 13.2 Å². The van der Waals surface area contributed by atoms with Crippen molar-refractivity contribution in [2.24, 2.45) is 0 Å². The molecule has 7 heteroatoms. The second-order valence-electron chi connectivity index (χ2n) is 6.98. The monoisotopic (exact) mass is 423 g/mol. The minimum absolute atomic E-state index is 0.182. The highest BCUT2D eigenvalue weighted by Gasteiger charge is 2.23. The fourth-order valence-corrected chi connectivity index (χ4v) is 4.41. The Kier molecular flexibility index (Phi) is 6.97. The summed E-state index contributed by atoms with van der Waals surface area (Å²) in [5.41, 5.74) is 3.32. The van der Waals surface area contributed by atoms with Crippen LogP contribution in [0.25, 0.3) is 0 Å². The topological polar surface area (TPSA) is 79.4 Å². The van der Waals surface area contributed by atoms with Gasteiger partial charge in [-0.25, -0.2) is 8.42 Å². The molecule has 0 bridgehead atoms. The van der Waals surface area contributed by atoms with Gasteiger partial charge in [0.1, 0.15) is 0 Å². The first-order valence-corrected chi connectivity index (χ1v) is 11.2. The van der Waals surface area contributed by atoms with E-state index in [1.807, 2.05) is 26.0 Å². The van der Waals surface area contributed by atoms with Gasteiger partial charge in [0.05, 0.1) is 4.90 Å². The third kappa shape index (κ3) is 5.31. The van der Waals surface area contributed by atoms with Crippen LogP contribution in [0.3, 0.4) is 0 Å². The van der Waals surface area contributed by atoms with Gasteiger partial charge < -0.3 is 5.32 Å². The minimum atomic E-state index is -3.58. The number of nitrogens with zero attached hydrogens (tertiary/aromatic N) is 2. The average molecular weight is 424 g/mol. The number of carbonyl (C=O) groups is 1. The molecule has 0 radical (unpaired) electrons. The molecule has 0 saturated heterocycles. The number of aromatic nitrogens is 1. The highest BCUT2D eigenvalue weighted by molar-refractivity contribution is 7.89. The number of nitrogens with one attached hydrogen (secondary N) is 1. The van der Waals surface area contributed by atoms with Crippen molar-refractivity contribution >= 4 is 15.9 Å². The number of pyridine rings is 1. The van der Waals surface area contributed by atoms with Crippen LogP contribution in [0.15, 0.2) is 78.0 Å². The molecule has 0 fully saturated rings.